The molecular weight excluding hydrogens is 242 g/mol. The predicted molar refractivity (Wildman–Crippen MR) is 73.2 cm³/mol. The van der Waals surface area contributed by atoms with Crippen LogP contribution in [0.4, 0.5) is 5.69 Å². The number of fused-ring (bicyclic) bond motifs is 1. The quantitative estimate of drug-likeness (QED) is 0.678. The molecule has 1 N–H and O–H groups in total. The molecule has 1 heterocycles. The van der Waals surface area contributed by atoms with Crippen molar-refractivity contribution >= 4 is 22.4 Å². The van der Waals surface area contributed by atoms with Crippen molar-refractivity contribution in [1.82, 2.24) is 0 Å². The number of hydrogen-bond acceptors (Lipinski definition) is 4. The third-order valence-corrected chi connectivity index (χ3v) is 3.31. The maximum absolute atomic E-state index is 11.6. The minimum atomic E-state index is -0.326. The predicted octanol–water partition coefficient (Wildman–Crippen LogP) is 2.78. The van der Waals surface area contributed by atoms with Gasteiger partial charge < -0.3 is 14.8 Å². The normalized spacial score (nSPS) is 21.2. The Morgan fingerprint density at radius 1 is 1.32 bits per heavy atom. The van der Waals surface area contributed by atoms with Gasteiger partial charge in [-0.05, 0) is 30.5 Å². The Kier molecular flexibility index (Phi) is 2.87. The second kappa shape index (κ2) is 4.55. The fraction of sp³-hybridized carbons (Fsp3) is 0.267. The highest BCUT2D eigenvalue weighted by molar-refractivity contribution is 6.00. The number of benzene rings is 2. The van der Waals surface area contributed by atoms with E-state index in [1.165, 1.54) is 7.11 Å². The first-order valence-electron chi connectivity index (χ1n) is 6.22. The highest BCUT2D eigenvalue weighted by Crippen LogP contribution is 2.29. The maximum atomic E-state index is 11.6. The Morgan fingerprint density at radius 2 is 2.11 bits per heavy atom. The number of methoxy groups -OCH3 is 1. The fourth-order valence-electron chi connectivity index (χ4n) is 2.13. The minimum absolute atomic E-state index is 0.0624. The van der Waals surface area contributed by atoms with Gasteiger partial charge in [-0.2, -0.15) is 0 Å². The van der Waals surface area contributed by atoms with E-state index in [0.717, 1.165) is 16.5 Å². The van der Waals surface area contributed by atoms with Gasteiger partial charge in [0.15, 0.2) is 6.23 Å². The van der Waals surface area contributed by atoms with Crippen molar-refractivity contribution in [3.63, 3.8) is 0 Å². The number of ether oxygens (including phenoxy) is 2. The molecule has 2 unspecified atom stereocenters. The summed E-state index contributed by atoms with van der Waals surface area (Å²) in [5.74, 6) is -0.326. The average Bonchev–Trinajstić information content (AvgIpc) is 3.13. The molecule has 2 atom stereocenters. The zero-order valence-electron chi connectivity index (χ0n) is 10.8. The van der Waals surface area contributed by atoms with Crippen molar-refractivity contribution in [2.45, 2.75) is 19.3 Å². The topological polar surface area (TPSA) is 50.9 Å². The van der Waals surface area contributed by atoms with Crippen LogP contribution in [0.2, 0.25) is 0 Å². The number of esters is 1. The summed E-state index contributed by atoms with van der Waals surface area (Å²) in [4.78, 5) is 11.6. The van der Waals surface area contributed by atoms with Gasteiger partial charge in [0.1, 0.15) is 6.10 Å². The van der Waals surface area contributed by atoms with Crippen LogP contribution in [0.25, 0.3) is 10.8 Å². The molecule has 1 saturated heterocycles. The summed E-state index contributed by atoms with van der Waals surface area (Å²) < 4.78 is 10.1. The number of anilines is 1. The van der Waals surface area contributed by atoms with E-state index in [-0.39, 0.29) is 18.3 Å². The first-order valence-corrected chi connectivity index (χ1v) is 6.22. The van der Waals surface area contributed by atoms with Crippen LogP contribution in [0.15, 0.2) is 36.4 Å². The van der Waals surface area contributed by atoms with Crippen molar-refractivity contribution < 1.29 is 14.3 Å². The second-order valence-corrected chi connectivity index (χ2v) is 4.64. The van der Waals surface area contributed by atoms with Gasteiger partial charge in [-0.3, -0.25) is 0 Å². The lowest BCUT2D eigenvalue weighted by atomic mass is 10.1. The molecule has 0 spiro atoms. The number of rotatable bonds is 3. The third kappa shape index (κ3) is 2.27. The lowest BCUT2D eigenvalue weighted by Crippen LogP contribution is -2.06. The number of hydrogen-bond donors (Lipinski definition) is 1. The van der Waals surface area contributed by atoms with Crippen LogP contribution >= 0.6 is 0 Å². The molecule has 4 nitrogen and oxygen atoms in total. The average molecular weight is 257 g/mol. The molecule has 98 valence electrons. The second-order valence-electron chi connectivity index (χ2n) is 4.64. The Balaban J connectivity index is 2.03. The fourth-order valence-corrected chi connectivity index (χ4v) is 2.13. The van der Waals surface area contributed by atoms with Crippen molar-refractivity contribution in [2.24, 2.45) is 0 Å². The van der Waals surface area contributed by atoms with Crippen LogP contribution in [0.3, 0.4) is 0 Å². The largest absolute Gasteiger partial charge is 0.465 e. The molecule has 1 fully saturated rings. The van der Waals surface area contributed by atoms with E-state index >= 15 is 0 Å². The molecule has 0 saturated carbocycles. The van der Waals surface area contributed by atoms with Gasteiger partial charge in [0.05, 0.1) is 12.7 Å². The van der Waals surface area contributed by atoms with Gasteiger partial charge in [-0.15, -0.1) is 0 Å². The first kappa shape index (κ1) is 12.0. The number of epoxide rings is 1. The maximum Gasteiger partial charge on any atom is 0.337 e. The van der Waals surface area contributed by atoms with Crippen LogP contribution in [0.1, 0.15) is 17.3 Å². The molecule has 0 aliphatic carbocycles. The molecule has 2 aromatic rings. The molecule has 3 rings (SSSR count). The van der Waals surface area contributed by atoms with Gasteiger partial charge in [0, 0.05) is 11.1 Å². The highest BCUT2D eigenvalue weighted by Gasteiger charge is 2.34. The molecule has 4 heteroatoms. The van der Waals surface area contributed by atoms with E-state index in [1.54, 1.807) is 6.07 Å². The summed E-state index contributed by atoms with van der Waals surface area (Å²) >= 11 is 0. The summed E-state index contributed by atoms with van der Waals surface area (Å²) in [5.41, 5.74) is 1.52. The van der Waals surface area contributed by atoms with Gasteiger partial charge >= 0.3 is 5.97 Å². The van der Waals surface area contributed by atoms with Crippen molar-refractivity contribution in [3.8, 4) is 0 Å². The van der Waals surface area contributed by atoms with E-state index in [2.05, 4.69) is 5.32 Å². The monoisotopic (exact) mass is 257 g/mol. The highest BCUT2D eigenvalue weighted by atomic mass is 16.6. The zero-order chi connectivity index (χ0) is 13.4. The lowest BCUT2D eigenvalue weighted by Gasteiger charge is -2.09. The van der Waals surface area contributed by atoms with E-state index in [4.69, 9.17) is 9.47 Å². The zero-order valence-corrected chi connectivity index (χ0v) is 10.8. The summed E-state index contributed by atoms with van der Waals surface area (Å²) in [7, 11) is 1.39. The number of nitrogens with one attached hydrogen (secondary N) is 1. The van der Waals surface area contributed by atoms with Crippen LogP contribution in [-0.4, -0.2) is 25.4 Å². The summed E-state index contributed by atoms with van der Waals surface area (Å²) in [6.45, 7) is 2.02. The van der Waals surface area contributed by atoms with Crippen molar-refractivity contribution in [1.29, 1.82) is 0 Å². The smallest absolute Gasteiger partial charge is 0.337 e. The summed E-state index contributed by atoms with van der Waals surface area (Å²) in [6, 6.07) is 11.5. The summed E-state index contributed by atoms with van der Waals surface area (Å²) in [6.07, 6.45) is 0.298. The Morgan fingerprint density at radius 3 is 2.79 bits per heavy atom. The number of carbonyl (C=O) groups excluding carboxylic acids is 1. The third-order valence-electron chi connectivity index (χ3n) is 3.31. The van der Waals surface area contributed by atoms with Gasteiger partial charge in [-0.1, -0.05) is 18.2 Å². The standard InChI is InChI=1S/C15H15NO3/c1-9-14(19-9)16-13-5-3-4-10-6-7-11(8-12(10)13)15(17)18-2/h3-9,14,16H,1-2H3. The first-order chi connectivity index (χ1) is 9.19. The molecule has 1 aliphatic heterocycles. The number of carbonyl (C=O) groups is 1. The van der Waals surface area contributed by atoms with Crippen LogP contribution in [0, 0.1) is 0 Å². The lowest BCUT2D eigenvalue weighted by molar-refractivity contribution is 0.0601. The van der Waals surface area contributed by atoms with E-state index < -0.39 is 0 Å². The van der Waals surface area contributed by atoms with Crippen LogP contribution < -0.4 is 5.32 Å². The van der Waals surface area contributed by atoms with E-state index in [0.29, 0.717) is 5.56 Å². The van der Waals surface area contributed by atoms with Gasteiger partial charge in [0.2, 0.25) is 0 Å². The SMILES string of the molecule is COC(=O)c1ccc2cccc(NC3OC3C)c2c1. The molecule has 19 heavy (non-hydrogen) atoms. The van der Waals surface area contributed by atoms with Crippen LogP contribution in [-0.2, 0) is 9.47 Å². The minimum Gasteiger partial charge on any atom is -0.465 e. The van der Waals surface area contributed by atoms with Crippen molar-refractivity contribution in [3.05, 3.63) is 42.0 Å². The Labute approximate surface area is 111 Å². The van der Waals surface area contributed by atoms with Crippen molar-refractivity contribution in [2.75, 3.05) is 12.4 Å². The molecule has 2 aromatic carbocycles. The molecule has 0 aromatic heterocycles. The molecule has 0 radical (unpaired) electrons. The molecule has 1 aliphatic rings. The Bertz CT molecular complexity index is 638. The van der Waals surface area contributed by atoms with Gasteiger partial charge in [0.25, 0.3) is 0 Å². The molecular formula is C15H15NO3. The Hall–Kier alpha value is -2.07. The molecule has 0 amide bonds. The van der Waals surface area contributed by atoms with E-state index in [9.17, 15) is 4.79 Å². The summed E-state index contributed by atoms with van der Waals surface area (Å²) in [5, 5.41) is 5.39. The van der Waals surface area contributed by atoms with Gasteiger partial charge in [-0.25, -0.2) is 4.79 Å². The van der Waals surface area contributed by atoms with Crippen LogP contribution in [0.5, 0.6) is 0 Å². The molecule has 0 bridgehead atoms. The van der Waals surface area contributed by atoms with E-state index in [1.807, 2.05) is 37.3 Å².